The zero-order valence-electron chi connectivity index (χ0n) is 17.1. The molecule has 2 unspecified atom stereocenters. The first-order valence-corrected chi connectivity index (χ1v) is 10.1. The normalized spacial score (nSPS) is 25.6. The molecule has 2 fully saturated rings. The fraction of sp³-hybridized carbons (Fsp3) is 0.714. The second-order valence-electron chi connectivity index (χ2n) is 8.37. The minimum atomic E-state index is -4.31. The first-order valence-electron chi connectivity index (χ1n) is 10.1. The van der Waals surface area contributed by atoms with E-state index in [4.69, 9.17) is 4.74 Å². The van der Waals surface area contributed by atoms with Gasteiger partial charge in [0.2, 0.25) is 0 Å². The van der Waals surface area contributed by atoms with Crippen molar-refractivity contribution in [3.63, 3.8) is 0 Å². The minimum Gasteiger partial charge on any atom is -0.383 e. The summed E-state index contributed by atoms with van der Waals surface area (Å²) in [5, 5.41) is 3.44. The van der Waals surface area contributed by atoms with Crippen LogP contribution in [0.25, 0.3) is 0 Å². The van der Waals surface area contributed by atoms with Crippen molar-refractivity contribution in [2.75, 3.05) is 46.4 Å². The average molecular weight is 400 g/mol. The van der Waals surface area contributed by atoms with Gasteiger partial charge in [0.25, 0.3) is 0 Å². The van der Waals surface area contributed by atoms with Crippen LogP contribution in [-0.4, -0.2) is 67.8 Å². The lowest BCUT2D eigenvalue weighted by atomic mass is 9.87. The Morgan fingerprint density at radius 3 is 2.36 bits per heavy atom. The monoisotopic (exact) mass is 399 g/mol. The Morgan fingerprint density at radius 2 is 1.82 bits per heavy atom. The van der Waals surface area contributed by atoms with E-state index in [0.29, 0.717) is 12.6 Å². The van der Waals surface area contributed by atoms with Gasteiger partial charge in [-0.15, -0.1) is 0 Å². The fourth-order valence-electron chi connectivity index (χ4n) is 4.64. The molecule has 2 atom stereocenters. The summed E-state index contributed by atoms with van der Waals surface area (Å²) in [5.41, 5.74) is 0.504. The van der Waals surface area contributed by atoms with Crippen LogP contribution in [0, 0.1) is 0 Å². The van der Waals surface area contributed by atoms with Gasteiger partial charge in [-0.2, -0.15) is 13.2 Å². The molecule has 0 amide bonds. The zero-order valence-corrected chi connectivity index (χ0v) is 17.1. The molecule has 0 spiro atoms. The van der Waals surface area contributed by atoms with Gasteiger partial charge in [-0.3, -0.25) is 9.80 Å². The van der Waals surface area contributed by atoms with E-state index in [1.165, 1.54) is 12.1 Å². The molecule has 2 heterocycles. The third-order valence-corrected chi connectivity index (χ3v) is 6.47. The van der Waals surface area contributed by atoms with Gasteiger partial charge in [-0.1, -0.05) is 12.1 Å². The Kier molecular flexibility index (Phi) is 6.69. The van der Waals surface area contributed by atoms with Crippen LogP contribution in [0.1, 0.15) is 43.9 Å². The number of hydrogen-bond acceptors (Lipinski definition) is 4. The maximum absolute atomic E-state index is 12.9. The fourth-order valence-corrected chi connectivity index (χ4v) is 4.64. The van der Waals surface area contributed by atoms with Gasteiger partial charge in [0.15, 0.2) is 0 Å². The van der Waals surface area contributed by atoms with E-state index in [1.54, 1.807) is 19.2 Å². The van der Waals surface area contributed by atoms with E-state index >= 15 is 0 Å². The molecule has 3 rings (SSSR count). The van der Waals surface area contributed by atoms with E-state index in [9.17, 15) is 13.2 Å². The SMILES string of the molecule is COCC(c1ccc(C(F)(F)F)cc1)N1CCN(C2(C)CCNCC2)CC1C. The van der Waals surface area contributed by atoms with E-state index in [1.807, 2.05) is 0 Å². The number of alkyl halides is 3. The average Bonchev–Trinajstić information content (AvgIpc) is 2.66. The lowest BCUT2D eigenvalue weighted by Gasteiger charge is -2.51. The molecule has 2 saturated heterocycles. The number of rotatable bonds is 5. The largest absolute Gasteiger partial charge is 0.416 e. The maximum atomic E-state index is 12.9. The predicted molar refractivity (Wildman–Crippen MR) is 104 cm³/mol. The summed E-state index contributed by atoms with van der Waals surface area (Å²) in [4.78, 5) is 4.98. The van der Waals surface area contributed by atoms with Gasteiger partial charge < -0.3 is 10.1 Å². The number of piperidine rings is 1. The summed E-state index contributed by atoms with van der Waals surface area (Å²) in [6.07, 6.45) is -2.00. The molecule has 0 bridgehead atoms. The lowest BCUT2D eigenvalue weighted by molar-refractivity contribution is -0.137. The van der Waals surface area contributed by atoms with Crippen molar-refractivity contribution in [2.45, 2.75) is 50.5 Å². The van der Waals surface area contributed by atoms with Gasteiger partial charge in [0.1, 0.15) is 0 Å². The number of halogens is 3. The lowest BCUT2D eigenvalue weighted by Crippen LogP contribution is -2.62. The summed E-state index contributed by atoms with van der Waals surface area (Å²) >= 11 is 0. The van der Waals surface area contributed by atoms with Crippen molar-refractivity contribution in [1.29, 1.82) is 0 Å². The topological polar surface area (TPSA) is 27.7 Å². The minimum absolute atomic E-state index is 0.0368. The predicted octanol–water partition coefficient (Wildman–Crippen LogP) is 3.54. The number of benzene rings is 1. The first kappa shape index (κ1) is 21.6. The molecule has 0 aromatic heterocycles. The molecular formula is C21H32F3N3O. The van der Waals surface area contributed by atoms with Crippen LogP contribution in [-0.2, 0) is 10.9 Å². The Labute approximate surface area is 166 Å². The second kappa shape index (κ2) is 8.69. The number of methoxy groups -OCH3 is 1. The van der Waals surface area contributed by atoms with Gasteiger partial charge in [0, 0.05) is 38.3 Å². The highest BCUT2D eigenvalue weighted by molar-refractivity contribution is 5.27. The van der Waals surface area contributed by atoms with Crippen LogP contribution in [0.3, 0.4) is 0 Å². The third-order valence-electron chi connectivity index (χ3n) is 6.47. The van der Waals surface area contributed by atoms with Gasteiger partial charge >= 0.3 is 6.18 Å². The van der Waals surface area contributed by atoms with E-state index < -0.39 is 11.7 Å². The van der Waals surface area contributed by atoms with Crippen LogP contribution in [0.4, 0.5) is 13.2 Å². The van der Waals surface area contributed by atoms with Crippen molar-refractivity contribution >= 4 is 0 Å². The van der Waals surface area contributed by atoms with Crippen molar-refractivity contribution in [1.82, 2.24) is 15.1 Å². The molecular weight excluding hydrogens is 367 g/mol. The molecule has 4 nitrogen and oxygen atoms in total. The molecule has 0 saturated carbocycles. The molecule has 2 aliphatic heterocycles. The molecule has 158 valence electrons. The molecule has 1 aromatic carbocycles. The Balaban J connectivity index is 1.72. The maximum Gasteiger partial charge on any atom is 0.416 e. The van der Waals surface area contributed by atoms with Crippen LogP contribution < -0.4 is 5.32 Å². The van der Waals surface area contributed by atoms with Gasteiger partial charge in [0.05, 0.1) is 18.2 Å². The summed E-state index contributed by atoms with van der Waals surface area (Å²) in [5.74, 6) is 0. The molecule has 0 radical (unpaired) electrons. The summed E-state index contributed by atoms with van der Waals surface area (Å²) < 4.78 is 44.1. The van der Waals surface area contributed by atoms with Crippen molar-refractivity contribution in [2.24, 2.45) is 0 Å². The Hall–Kier alpha value is -1.15. The van der Waals surface area contributed by atoms with Crippen molar-refractivity contribution in [3.8, 4) is 0 Å². The second-order valence-corrected chi connectivity index (χ2v) is 8.37. The molecule has 2 aliphatic rings. The van der Waals surface area contributed by atoms with Gasteiger partial charge in [-0.05, 0) is 57.5 Å². The molecule has 1 N–H and O–H groups in total. The first-order chi connectivity index (χ1) is 13.2. The number of nitrogens with zero attached hydrogens (tertiary/aromatic N) is 2. The molecule has 7 heteroatoms. The highest BCUT2D eigenvalue weighted by Crippen LogP contribution is 2.34. The van der Waals surface area contributed by atoms with Crippen LogP contribution >= 0.6 is 0 Å². The van der Waals surface area contributed by atoms with Crippen LogP contribution in [0.5, 0.6) is 0 Å². The molecule has 1 aromatic rings. The smallest absolute Gasteiger partial charge is 0.383 e. The Morgan fingerprint density at radius 1 is 1.18 bits per heavy atom. The summed E-state index contributed by atoms with van der Waals surface area (Å²) in [6.45, 7) is 9.99. The summed E-state index contributed by atoms with van der Waals surface area (Å²) in [7, 11) is 1.65. The number of piperazine rings is 1. The van der Waals surface area contributed by atoms with E-state index in [0.717, 1.165) is 51.1 Å². The molecule has 0 aliphatic carbocycles. The van der Waals surface area contributed by atoms with E-state index in [2.05, 4.69) is 29.0 Å². The third kappa shape index (κ3) is 4.70. The van der Waals surface area contributed by atoms with Crippen LogP contribution in [0.15, 0.2) is 24.3 Å². The van der Waals surface area contributed by atoms with Gasteiger partial charge in [-0.25, -0.2) is 0 Å². The highest BCUT2D eigenvalue weighted by Gasteiger charge is 2.39. The highest BCUT2D eigenvalue weighted by atomic mass is 19.4. The quantitative estimate of drug-likeness (QED) is 0.820. The summed E-state index contributed by atoms with van der Waals surface area (Å²) in [6, 6.07) is 5.82. The molecule has 28 heavy (non-hydrogen) atoms. The standard InChI is InChI=1S/C21H32F3N3O/c1-16-14-26(20(2)8-10-25-11-9-20)12-13-27(16)19(15-28-3)17-4-6-18(7-5-17)21(22,23)24/h4-7,16,19,25H,8-15H2,1-3H3. The number of nitrogens with one attached hydrogen (secondary N) is 1. The van der Waals surface area contributed by atoms with Crippen molar-refractivity contribution < 1.29 is 17.9 Å². The van der Waals surface area contributed by atoms with E-state index in [-0.39, 0.29) is 11.6 Å². The van der Waals surface area contributed by atoms with Crippen LogP contribution in [0.2, 0.25) is 0 Å². The van der Waals surface area contributed by atoms with Crippen molar-refractivity contribution in [3.05, 3.63) is 35.4 Å². The zero-order chi connectivity index (χ0) is 20.4. The number of hydrogen-bond donors (Lipinski definition) is 1. The number of ether oxygens (including phenoxy) is 1. The Bertz CT molecular complexity index is 629.